The highest BCUT2D eigenvalue weighted by Gasteiger charge is 2.13. The van der Waals surface area contributed by atoms with Gasteiger partial charge in [-0.2, -0.15) is 4.98 Å². The molecule has 4 aromatic rings. The summed E-state index contributed by atoms with van der Waals surface area (Å²) in [4.78, 5) is 23.5. The predicted molar refractivity (Wildman–Crippen MR) is 106 cm³/mol. The number of aromatic nitrogens is 4. The highest BCUT2D eigenvalue weighted by molar-refractivity contribution is 5.76. The van der Waals surface area contributed by atoms with Crippen molar-refractivity contribution in [2.45, 2.75) is 0 Å². The van der Waals surface area contributed by atoms with E-state index in [2.05, 4.69) is 20.3 Å². The predicted octanol–water partition coefficient (Wildman–Crippen LogP) is 3.60. The van der Waals surface area contributed by atoms with Crippen LogP contribution in [0.1, 0.15) is 10.5 Å². The van der Waals surface area contributed by atoms with Crippen LogP contribution in [-0.2, 0) is 7.05 Å². The molecule has 8 nitrogen and oxygen atoms in total. The molecule has 1 aromatic carbocycles. The Hall–Kier alpha value is -3.92. The standard InChI is InChI=1S/C19H13F2N5O2.CH4O/c1-26-18-16(24-19(26)23-15-3-2-11(20)8-14(15)21)4-5-17(25-18)28-13-6-7-22-12(9-13)10-27;1-2/h2-10H,1H3,(H,23,24);2H,1H3. The van der Waals surface area contributed by atoms with E-state index in [1.54, 1.807) is 29.8 Å². The molecule has 0 amide bonds. The largest absolute Gasteiger partial charge is 0.439 e. The van der Waals surface area contributed by atoms with E-state index in [9.17, 15) is 13.6 Å². The number of hydrogen-bond donors (Lipinski definition) is 2. The first-order valence-electron chi connectivity index (χ1n) is 8.63. The van der Waals surface area contributed by atoms with Crippen LogP contribution in [0, 0.1) is 11.6 Å². The molecule has 0 aliphatic carbocycles. The number of benzene rings is 1. The Kier molecular flexibility index (Phi) is 6.28. The third-order valence-corrected chi connectivity index (χ3v) is 3.96. The summed E-state index contributed by atoms with van der Waals surface area (Å²) in [5.41, 5.74) is 1.39. The van der Waals surface area contributed by atoms with E-state index < -0.39 is 11.6 Å². The van der Waals surface area contributed by atoms with Gasteiger partial charge >= 0.3 is 0 Å². The number of aliphatic hydroxyl groups is 1. The van der Waals surface area contributed by atoms with E-state index in [0.717, 1.165) is 19.2 Å². The van der Waals surface area contributed by atoms with Gasteiger partial charge < -0.3 is 15.2 Å². The fraction of sp³-hybridized carbons (Fsp3) is 0.100. The van der Waals surface area contributed by atoms with Crippen molar-refractivity contribution in [2.75, 3.05) is 12.4 Å². The third-order valence-electron chi connectivity index (χ3n) is 3.96. The first kappa shape index (κ1) is 20.8. The normalized spacial score (nSPS) is 10.3. The quantitative estimate of drug-likeness (QED) is 0.482. The molecule has 3 aromatic heterocycles. The minimum absolute atomic E-state index is 0.0921. The number of nitrogens with zero attached hydrogens (tertiary/aromatic N) is 4. The van der Waals surface area contributed by atoms with Crippen molar-refractivity contribution in [3.63, 3.8) is 0 Å². The van der Waals surface area contributed by atoms with Gasteiger partial charge in [0.05, 0.1) is 5.69 Å². The fourth-order valence-corrected chi connectivity index (χ4v) is 2.60. The molecule has 3 heterocycles. The molecule has 0 saturated heterocycles. The summed E-state index contributed by atoms with van der Waals surface area (Å²) in [6.07, 6.45) is 2.08. The molecule has 2 N–H and O–H groups in total. The molecular weight excluding hydrogens is 396 g/mol. The molecule has 0 unspecified atom stereocenters. The second-order valence-corrected chi connectivity index (χ2v) is 5.87. The van der Waals surface area contributed by atoms with Crippen molar-refractivity contribution in [3.8, 4) is 11.6 Å². The molecule has 0 saturated carbocycles. The number of anilines is 2. The zero-order chi connectivity index (χ0) is 21.7. The van der Waals surface area contributed by atoms with Crippen molar-refractivity contribution in [3.05, 3.63) is 66.0 Å². The van der Waals surface area contributed by atoms with Gasteiger partial charge in [0.25, 0.3) is 0 Å². The maximum absolute atomic E-state index is 13.9. The molecule has 0 bridgehead atoms. The Morgan fingerprint density at radius 3 is 2.63 bits per heavy atom. The van der Waals surface area contributed by atoms with Crippen LogP contribution in [0.2, 0.25) is 0 Å². The number of fused-ring (bicyclic) bond motifs is 1. The highest BCUT2D eigenvalue weighted by atomic mass is 19.1. The van der Waals surface area contributed by atoms with Gasteiger partial charge in [-0.1, -0.05) is 0 Å². The van der Waals surface area contributed by atoms with Crippen LogP contribution in [0.3, 0.4) is 0 Å². The Morgan fingerprint density at radius 1 is 1.10 bits per heavy atom. The van der Waals surface area contributed by atoms with E-state index in [-0.39, 0.29) is 17.3 Å². The topological polar surface area (TPSA) is 102 Å². The average molecular weight is 413 g/mol. The zero-order valence-electron chi connectivity index (χ0n) is 16.0. The van der Waals surface area contributed by atoms with Crippen LogP contribution in [0.15, 0.2) is 48.7 Å². The summed E-state index contributed by atoms with van der Waals surface area (Å²) in [7, 11) is 2.70. The fourth-order valence-electron chi connectivity index (χ4n) is 2.60. The molecular formula is C20H17F2N5O3. The highest BCUT2D eigenvalue weighted by Crippen LogP contribution is 2.26. The minimum atomic E-state index is -0.729. The van der Waals surface area contributed by atoms with Crippen molar-refractivity contribution in [1.29, 1.82) is 0 Å². The average Bonchev–Trinajstić information content (AvgIpc) is 3.07. The first-order chi connectivity index (χ1) is 14.5. The van der Waals surface area contributed by atoms with Gasteiger partial charge in [0, 0.05) is 38.6 Å². The lowest BCUT2D eigenvalue weighted by Gasteiger charge is -2.07. The number of imidazole rings is 1. The number of pyridine rings is 2. The summed E-state index contributed by atoms with van der Waals surface area (Å²) in [6.45, 7) is 0. The van der Waals surface area contributed by atoms with Crippen molar-refractivity contribution in [2.24, 2.45) is 7.05 Å². The second-order valence-electron chi connectivity index (χ2n) is 5.87. The Morgan fingerprint density at radius 2 is 1.90 bits per heavy atom. The van der Waals surface area contributed by atoms with Crippen LogP contribution in [0.25, 0.3) is 11.2 Å². The third kappa shape index (κ3) is 4.39. The molecule has 30 heavy (non-hydrogen) atoms. The van der Waals surface area contributed by atoms with Gasteiger partial charge in [-0.3, -0.25) is 14.3 Å². The van der Waals surface area contributed by atoms with Crippen LogP contribution < -0.4 is 10.1 Å². The van der Waals surface area contributed by atoms with Gasteiger partial charge in [0.2, 0.25) is 11.8 Å². The van der Waals surface area contributed by atoms with E-state index in [1.807, 2.05) is 0 Å². The lowest BCUT2D eigenvalue weighted by atomic mass is 10.3. The molecule has 0 atom stereocenters. The smallest absolute Gasteiger partial charge is 0.221 e. The van der Waals surface area contributed by atoms with E-state index in [4.69, 9.17) is 9.84 Å². The van der Waals surface area contributed by atoms with E-state index >= 15 is 0 Å². The number of carbonyl (C=O) groups is 1. The molecule has 0 radical (unpaired) electrons. The minimum Gasteiger partial charge on any atom is -0.439 e. The number of ether oxygens (including phenoxy) is 1. The van der Waals surface area contributed by atoms with Gasteiger partial charge in [-0.15, -0.1) is 0 Å². The molecule has 0 spiro atoms. The zero-order valence-corrected chi connectivity index (χ0v) is 16.0. The van der Waals surface area contributed by atoms with E-state index in [1.165, 1.54) is 18.3 Å². The van der Waals surface area contributed by atoms with Crippen LogP contribution in [0.4, 0.5) is 20.4 Å². The summed E-state index contributed by atoms with van der Waals surface area (Å²) >= 11 is 0. The van der Waals surface area contributed by atoms with Crippen LogP contribution in [-0.4, -0.2) is 38.0 Å². The Labute approximate surface area is 169 Å². The number of hydrogen-bond acceptors (Lipinski definition) is 7. The molecule has 0 aliphatic heterocycles. The molecule has 154 valence electrons. The molecule has 4 rings (SSSR count). The number of rotatable bonds is 5. The van der Waals surface area contributed by atoms with Gasteiger partial charge in [-0.05, 0) is 24.3 Å². The maximum atomic E-state index is 13.9. The van der Waals surface area contributed by atoms with Gasteiger partial charge in [-0.25, -0.2) is 13.8 Å². The van der Waals surface area contributed by atoms with Crippen molar-refractivity contribution in [1.82, 2.24) is 19.5 Å². The molecule has 10 heteroatoms. The number of aldehydes is 1. The molecule has 0 fully saturated rings. The Bertz CT molecular complexity index is 1200. The lowest BCUT2D eigenvalue weighted by Crippen LogP contribution is -2.01. The number of carbonyl (C=O) groups excluding carboxylic acids is 1. The van der Waals surface area contributed by atoms with Gasteiger partial charge in [0.1, 0.15) is 28.6 Å². The summed E-state index contributed by atoms with van der Waals surface area (Å²) < 4.78 is 34.2. The number of halogens is 2. The summed E-state index contributed by atoms with van der Waals surface area (Å²) in [5, 5.41) is 9.82. The van der Waals surface area contributed by atoms with Crippen molar-refractivity contribution >= 4 is 29.1 Å². The van der Waals surface area contributed by atoms with E-state index in [0.29, 0.717) is 29.1 Å². The lowest BCUT2D eigenvalue weighted by molar-refractivity contribution is 0.111. The monoisotopic (exact) mass is 413 g/mol. The van der Waals surface area contributed by atoms with Crippen molar-refractivity contribution < 1.29 is 23.4 Å². The van der Waals surface area contributed by atoms with Crippen LogP contribution >= 0.6 is 0 Å². The first-order valence-corrected chi connectivity index (χ1v) is 8.63. The maximum Gasteiger partial charge on any atom is 0.221 e. The molecule has 0 aliphatic rings. The summed E-state index contributed by atoms with van der Waals surface area (Å²) in [5.74, 6) is -0.355. The summed E-state index contributed by atoms with van der Waals surface area (Å²) in [6, 6.07) is 9.65. The van der Waals surface area contributed by atoms with Gasteiger partial charge in [0.15, 0.2) is 11.9 Å². The SMILES string of the molecule is CO.Cn1c(Nc2ccc(F)cc2F)nc2ccc(Oc3ccnc(C=O)c3)nc21. The number of aliphatic hydroxyl groups excluding tert-OH is 1. The second kappa shape index (κ2) is 9.05. The van der Waals surface area contributed by atoms with Crippen LogP contribution in [0.5, 0.6) is 11.6 Å². The number of nitrogens with one attached hydrogen (secondary N) is 1. The number of aryl methyl sites for hydroxylation is 1. The Balaban J connectivity index is 0.00000124.